The number of aliphatic hydroxyl groups excluding tert-OH is 1. The summed E-state index contributed by atoms with van der Waals surface area (Å²) in [6, 6.07) is 20.1. The lowest BCUT2D eigenvalue weighted by molar-refractivity contribution is -0.123. The highest BCUT2D eigenvalue weighted by atomic mass is 16.3. The molecule has 0 saturated carbocycles. The second kappa shape index (κ2) is 9.85. The van der Waals surface area contributed by atoms with Gasteiger partial charge >= 0.3 is 0 Å². The van der Waals surface area contributed by atoms with E-state index in [-0.39, 0.29) is 17.9 Å². The molecule has 3 rings (SSSR count). The molecule has 0 aliphatic carbocycles. The molecular weight excluding hydrogens is 348 g/mol. The van der Waals surface area contributed by atoms with Crippen molar-refractivity contribution in [2.75, 3.05) is 19.6 Å². The Hall–Kier alpha value is -2.17. The van der Waals surface area contributed by atoms with Gasteiger partial charge in [0.05, 0.1) is 18.7 Å². The number of carbonyl (C=O) groups is 1. The molecule has 0 aromatic heterocycles. The van der Waals surface area contributed by atoms with Gasteiger partial charge in [-0.2, -0.15) is 0 Å². The summed E-state index contributed by atoms with van der Waals surface area (Å²) in [6.07, 6.45) is 1.41. The first kappa shape index (κ1) is 20.6. The van der Waals surface area contributed by atoms with Crippen LogP contribution in [0.5, 0.6) is 0 Å². The van der Waals surface area contributed by atoms with Crippen LogP contribution in [0.15, 0.2) is 60.7 Å². The number of piperidine rings is 1. The van der Waals surface area contributed by atoms with Crippen molar-refractivity contribution in [3.63, 3.8) is 0 Å². The number of rotatable bonds is 7. The van der Waals surface area contributed by atoms with Gasteiger partial charge in [0.15, 0.2) is 0 Å². The number of likely N-dealkylation sites (tertiary alicyclic amines) is 1. The third-order valence-corrected chi connectivity index (χ3v) is 5.73. The first-order chi connectivity index (χ1) is 13.5. The molecule has 1 fully saturated rings. The number of benzene rings is 2. The summed E-state index contributed by atoms with van der Waals surface area (Å²) in [4.78, 5) is 14.8. The van der Waals surface area contributed by atoms with Gasteiger partial charge in [0, 0.05) is 0 Å². The van der Waals surface area contributed by atoms with E-state index in [0.29, 0.717) is 12.5 Å². The van der Waals surface area contributed by atoms with Crippen molar-refractivity contribution >= 4 is 5.91 Å². The van der Waals surface area contributed by atoms with Crippen molar-refractivity contribution < 1.29 is 9.90 Å². The van der Waals surface area contributed by atoms with Crippen molar-refractivity contribution in [1.29, 1.82) is 0 Å². The minimum absolute atomic E-state index is 0.0335. The van der Waals surface area contributed by atoms with Crippen LogP contribution in [-0.4, -0.2) is 35.5 Å². The summed E-state index contributed by atoms with van der Waals surface area (Å²) in [6.45, 7) is 6.38. The average Bonchev–Trinajstić information content (AvgIpc) is 2.73. The largest absolute Gasteiger partial charge is 0.388 e. The fraction of sp³-hybridized carbons (Fsp3) is 0.458. The highest BCUT2D eigenvalue weighted by Crippen LogP contribution is 2.30. The summed E-state index contributed by atoms with van der Waals surface area (Å²) < 4.78 is 0. The average molecular weight is 381 g/mol. The fourth-order valence-electron chi connectivity index (χ4n) is 4.07. The molecule has 150 valence electrons. The first-order valence-electron chi connectivity index (χ1n) is 10.3. The number of aliphatic hydroxyl groups is 1. The number of nitrogens with zero attached hydrogens (tertiary/aromatic N) is 1. The molecular formula is C24H32N2O2. The minimum Gasteiger partial charge on any atom is -0.388 e. The summed E-state index contributed by atoms with van der Waals surface area (Å²) >= 11 is 0. The van der Waals surface area contributed by atoms with E-state index >= 15 is 0 Å². The van der Waals surface area contributed by atoms with Gasteiger partial charge in [0.25, 0.3) is 0 Å². The number of nitrogens with one attached hydrogen (secondary N) is 1. The minimum atomic E-state index is -0.416. The van der Waals surface area contributed by atoms with Crippen LogP contribution in [0.25, 0.3) is 0 Å². The Bertz CT molecular complexity index is 725. The molecule has 2 aromatic rings. The zero-order chi connectivity index (χ0) is 19.9. The standard InChI is InChI=1S/C24H32N2O2/c1-18(2)23(19-9-5-3-6-10-19)25-22(27)17-26-15-13-21(14-16-26)24(28)20-11-7-4-8-12-20/h3-12,18,21,23-24,28H,13-17H2,1-2H3,(H,25,27). The molecule has 1 saturated heterocycles. The molecule has 0 bridgehead atoms. The van der Waals surface area contributed by atoms with Crippen LogP contribution in [0, 0.1) is 11.8 Å². The lowest BCUT2D eigenvalue weighted by Gasteiger charge is -2.34. The lowest BCUT2D eigenvalue weighted by atomic mass is 9.87. The number of carbonyl (C=O) groups excluding carboxylic acids is 1. The Morgan fingerprint density at radius 3 is 2.07 bits per heavy atom. The van der Waals surface area contributed by atoms with Crippen LogP contribution >= 0.6 is 0 Å². The molecule has 4 heteroatoms. The van der Waals surface area contributed by atoms with Gasteiger partial charge < -0.3 is 10.4 Å². The van der Waals surface area contributed by atoms with E-state index in [4.69, 9.17) is 0 Å². The SMILES string of the molecule is CC(C)C(NC(=O)CN1CCC(C(O)c2ccccc2)CC1)c1ccccc1. The van der Waals surface area contributed by atoms with Gasteiger partial charge in [-0.25, -0.2) is 0 Å². The summed E-state index contributed by atoms with van der Waals surface area (Å²) in [5.74, 6) is 0.664. The number of hydrogen-bond donors (Lipinski definition) is 2. The van der Waals surface area contributed by atoms with Gasteiger partial charge in [-0.1, -0.05) is 74.5 Å². The van der Waals surface area contributed by atoms with Gasteiger partial charge in [-0.15, -0.1) is 0 Å². The molecule has 4 nitrogen and oxygen atoms in total. The van der Waals surface area contributed by atoms with Crippen LogP contribution in [0.2, 0.25) is 0 Å². The van der Waals surface area contributed by atoms with Crippen molar-refractivity contribution in [3.05, 3.63) is 71.8 Å². The van der Waals surface area contributed by atoms with Gasteiger partial charge in [-0.05, 0) is 48.9 Å². The molecule has 1 aliphatic rings. The molecule has 0 radical (unpaired) electrons. The Morgan fingerprint density at radius 1 is 1.00 bits per heavy atom. The zero-order valence-corrected chi connectivity index (χ0v) is 16.9. The third kappa shape index (κ3) is 5.43. The quantitative estimate of drug-likeness (QED) is 0.765. The summed E-state index contributed by atoms with van der Waals surface area (Å²) in [5, 5.41) is 13.8. The van der Waals surface area contributed by atoms with E-state index in [1.165, 1.54) is 0 Å². The monoisotopic (exact) mass is 380 g/mol. The topological polar surface area (TPSA) is 52.6 Å². The highest BCUT2D eigenvalue weighted by molar-refractivity contribution is 5.78. The van der Waals surface area contributed by atoms with Crippen molar-refractivity contribution in [2.24, 2.45) is 11.8 Å². The molecule has 2 unspecified atom stereocenters. The van der Waals surface area contributed by atoms with E-state index in [9.17, 15) is 9.90 Å². The predicted molar refractivity (Wildman–Crippen MR) is 113 cm³/mol. The van der Waals surface area contributed by atoms with Crippen molar-refractivity contribution in [2.45, 2.75) is 38.8 Å². The van der Waals surface area contributed by atoms with E-state index < -0.39 is 6.10 Å². The zero-order valence-electron chi connectivity index (χ0n) is 16.9. The second-order valence-electron chi connectivity index (χ2n) is 8.17. The first-order valence-corrected chi connectivity index (χ1v) is 10.3. The normalized spacial score (nSPS) is 18.0. The lowest BCUT2D eigenvalue weighted by Crippen LogP contribution is -2.43. The van der Waals surface area contributed by atoms with Gasteiger partial charge in [0.1, 0.15) is 0 Å². The molecule has 1 amide bonds. The molecule has 0 spiro atoms. The van der Waals surface area contributed by atoms with Crippen LogP contribution in [-0.2, 0) is 4.79 Å². The van der Waals surface area contributed by atoms with Crippen LogP contribution < -0.4 is 5.32 Å². The van der Waals surface area contributed by atoms with Crippen LogP contribution in [0.3, 0.4) is 0 Å². The Labute approximate surface area is 168 Å². The molecule has 2 aromatic carbocycles. The van der Waals surface area contributed by atoms with E-state index in [0.717, 1.165) is 37.1 Å². The maximum atomic E-state index is 12.6. The third-order valence-electron chi connectivity index (χ3n) is 5.73. The number of amides is 1. The molecule has 28 heavy (non-hydrogen) atoms. The van der Waals surface area contributed by atoms with Crippen LogP contribution in [0.4, 0.5) is 0 Å². The van der Waals surface area contributed by atoms with Crippen molar-refractivity contribution in [1.82, 2.24) is 10.2 Å². The second-order valence-corrected chi connectivity index (χ2v) is 8.17. The Balaban J connectivity index is 1.49. The number of hydrogen-bond acceptors (Lipinski definition) is 3. The van der Waals surface area contributed by atoms with Gasteiger partial charge in [-0.3, -0.25) is 9.69 Å². The predicted octanol–water partition coefficient (Wildman–Crippen LogP) is 3.95. The molecule has 1 aliphatic heterocycles. The smallest absolute Gasteiger partial charge is 0.234 e. The summed E-state index contributed by atoms with van der Waals surface area (Å²) in [7, 11) is 0. The Morgan fingerprint density at radius 2 is 1.54 bits per heavy atom. The maximum Gasteiger partial charge on any atom is 0.234 e. The fourth-order valence-corrected chi connectivity index (χ4v) is 4.07. The van der Waals surface area contributed by atoms with E-state index in [1.807, 2.05) is 48.5 Å². The Kier molecular flexibility index (Phi) is 7.24. The van der Waals surface area contributed by atoms with E-state index in [1.54, 1.807) is 0 Å². The highest BCUT2D eigenvalue weighted by Gasteiger charge is 2.27. The van der Waals surface area contributed by atoms with E-state index in [2.05, 4.69) is 36.2 Å². The molecule has 1 heterocycles. The molecule has 2 N–H and O–H groups in total. The maximum absolute atomic E-state index is 12.6. The van der Waals surface area contributed by atoms with Crippen LogP contribution in [0.1, 0.15) is 50.0 Å². The van der Waals surface area contributed by atoms with Crippen molar-refractivity contribution in [3.8, 4) is 0 Å². The summed E-state index contributed by atoms with van der Waals surface area (Å²) in [5.41, 5.74) is 2.14. The molecule has 2 atom stereocenters. The van der Waals surface area contributed by atoms with Gasteiger partial charge in [0.2, 0.25) is 5.91 Å².